The van der Waals surface area contributed by atoms with Crippen LogP contribution >= 0.6 is 0 Å². The van der Waals surface area contributed by atoms with Crippen LogP contribution in [0.4, 0.5) is 19.1 Å². The number of hydrogen-bond donors (Lipinski definition) is 3. The van der Waals surface area contributed by atoms with Crippen molar-refractivity contribution in [2.75, 3.05) is 32.0 Å². The van der Waals surface area contributed by atoms with Gasteiger partial charge < -0.3 is 16.0 Å². The Labute approximate surface area is 140 Å². The molecule has 9 heteroatoms. The fourth-order valence-electron chi connectivity index (χ4n) is 1.89. The maximum absolute atomic E-state index is 12.6. The highest BCUT2D eigenvalue weighted by molar-refractivity contribution is 5.79. The number of aliphatic imine (C=N–C) groups is 1. The van der Waals surface area contributed by atoms with E-state index in [4.69, 9.17) is 0 Å². The summed E-state index contributed by atoms with van der Waals surface area (Å²) in [4.78, 5) is 11.3. The third-order valence-corrected chi connectivity index (χ3v) is 3.12. The molecule has 0 unspecified atom stereocenters. The summed E-state index contributed by atoms with van der Waals surface area (Å²) in [5, 5.41) is 9.01. The van der Waals surface area contributed by atoms with Crippen molar-refractivity contribution in [3.05, 3.63) is 18.0 Å². The standard InChI is InChI=1S/C15H25F3N6/c1-11(2)5-4-7-20-13(19-3)22-9-10-23-14-21-8-6-12(24-14)15(16,17)18/h6,8,11H,4-5,7,9-10H2,1-3H3,(H2,19,20,22)(H,21,23,24). The fourth-order valence-corrected chi connectivity index (χ4v) is 1.89. The van der Waals surface area contributed by atoms with E-state index in [1.807, 2.05) is 0 Å². The molecule has 0 saturated heterocycles. The lowest BCUT2D eigenvalue weighted by Gasteiger charge is -2.13. The molecule has 0 aromatic carbocycles. The van der Waals surface area contributed by atoms with Gasteiger partial charge in [0.15, 0.2) is 5.96 Å². The molecule has 1 aromatic rings. The van der Waals surface area contributed by atoms with Crippen molar-refractivity contribution in [2.24, 2.45) is 10.9 Å². The van der Waals surface area contributed by atoms with Crippen molar-refractivity contribution in [2.45, 2.75) is 32.9 Å². The zero-order valence-corrected chi connectivity index (χ0v) is 14.2. The van der Waals surface area contributed by atoms with E-state index < -0.39 is 11.9 Å². The molecule has 1 heterocycles. The molecule has 0 aliphatic rings. The Bertz CT molecular complexity index is 516. The Morgan fingerprint density at radius 3 is 2.54 bits per heavy atom. The largest absolute Gasteiger partial charge is 0.433 e. The number of aromatic nitrogens is 2. The van der Waals surface area contributed by atoms with Crippen LogP contribution < -0.4 is 16.0 Å². The number of guanidine groups is 1. The van der Waals surface area contributed by atoms with Gasteiger partial charge in [0, 0.05) is 32.9 Å². The molecule has 0 aliphatic carbocycles. The predicted molar refractivity (Wildman–Crippen MR) is 89.0 cm³/mol. The van der Waals surface area contributed by atoms with Crippen LogP contribution in [0.2, 0.25) is 0 Å². The zero-order chi connectivity index (χ0) is 18.0. The van der Waals surface area contributed by atoms with Crippen LogP contribution in [-0.2, 0) is 6.18 Å². The van der Waals surface area contributed by atoms with E-state index in [1.54, 1.807) is 7.05 Å². The molecule has 0 fully saturated rings. The highest BCUT2D eigenvalue weighted by atomic mass is 19.4. The van der Waals surface area contributed by atoms with Gasteiger partial charge in [0.2, 0.25) is 5.95 Å². The fraction of sp³-hybridized carbons (Fsp3) is 0.667. The maximum Gasteiger partial charge on any atom is 0.433 e. The molecule has 0 aliphatic heterocycles. The van der Waals surface area contributed by atoms with Crippen molar-refractivity contribution in [3.8, 4) is 0 Å². The van der Waals surface area contributed by atoms with Gasteiger partial charge in [0.1, 0.15) is 5.69 Å². The summed E-state index contributed by atoms with van der Waals surface area (Å²) in [6.07, 6.45) is -1.20. The smallest absolute Gasteiger partial charge is 0.356 e. The van der Waals surface area contributed by atoms with E-state index in [1.165, 1.54) is 0 Å². The summed E-state index contributed by atoms with van der Waals surface area (Å²) in [7, 11) is 1.67. The van der Waals surface area contributed by atoms with Crippen molar-refractivity contribution >= 4 is 11.9 Å². The Hall–Kier alpha value is -2.06. The van der Waals surface area contributed by atoms with E-state index in [9.17, 15) is 13.2 Å². The SMILES string of the molecule is CN=C(NCCCC(C)C)NCCNc1nccc(C(F)(F)F)n1. The number of anilines is 1. The molecule has 0 radical (unpaired) electrons. The number of hydrogen-bond acceptors (Lipinski definition) is 4. The summed E-state index contributed by atoms with van der Waals surface area (Å²) >= 11 is 0. The van der Waals surface area contributed by atoms with Crippen LogP contribution in [0, 0.1) is 5.92 Å². The first-order valence-corrected chi connectivity index (χ1v) is 7.91. The van der Waals surface area contributed by atoms with Crippen molar-refractivity contribution in [1.82, 2.24) is 20.6 Å². The van der Waals surface area contributed by atoms with Gasteiger partial charge in [-0.05, 0) is 24.8 Å². The summed E-state index contributed by atoms with van der Waals surface area (Å²) in [6.45, 7) is 6.02. The van der Waals surface area contributed by atoms with Crippen LogP contribution in [0.1, 0.15) is 32.4 Å². The highest BCUT2D eigenvalue weighted by Crippen LogP contribution is 2.27. The molecular weight excluding hydrogens is 321 g/mol. The lowest BCUT2D eigenvalue weighted by atomic mass is 10.1. The maximum atomic E-state index is 12.6. The average molecular weight is 346 g/mol. The Kier molecular flexibility index (Phi) is 8.28. The normalized spacial score (nSPS) is 12.4. The van der Waals surface area contributed by atoms with Crippen LogP contribution in [0.15, 0.2) is 17.3 Å². The first-order valence-electron chi connectivity index (χ1n) is 7.91. The van der Waals surface area contributed by atoms with E-state index in [0.717, 1.165) is 31.6 Å². The Balaban J connectivity index is 2.29. The monoisotopic (exact) mass is 346 g/mol. The summed E-state index contributed by atoms with van der Waals surface area (Å²) in [6, 6.07) is 0.840. The number of nitrogens with zero attached hydrogens (tertiary/aromatic N) is 3. The van der Waals surface area contributed by atoms with Gasteiger partial charge in [-0.1, -0.05) is 13.8 Å². The summed E-state index contributed by atoms with van der Waals surface area (Å²) in [5.41, 5.74) is -0.962. The molecule has 1 rings (SSSR count). The Morgan fingerprint density at radius 2 is 1.92 bits per heavy atom. The first-order chi connectivity index (χ1) is 11.3. The molecule has 0 amide bonds. The molecule has 24 heavy (non-hydrogen) atoms. The topological polar surface area (TPSA) is 74.2 Å². The van der Waals surface area contributed by atoms with E-state index >= 15 is 0 Å². The number of alkyl halides is 3. The van der Waals surface area contributed by atoms with E-state index in [-0.39, 0.29) is 5.95 Å². The molecule has 0 bridgehead atoms. The number of halogens is 3. The summed E-state index contributed by atoms with van der Waals surface area (Å²) < 4.78 is 37.7. The van der Waals surface area contributed by atoms with Crippen molar-refractivity contribution < 1.29 is 13.2 Å². The molecule has 0 spiro atoms. The third kappa shape index (κ3) is 7.98. The molecule has 136 valence electrons. The van der Waals surface area contributed by atoms with Crippen LogP contribution in [0.3, 0.4) is 0 Å². The van der Waals surface area contributed by atoms with Gasteiger partial charge in [0.25, 0.3) is 0 Å². The molecule has 6 nitrogen and oxygen atoms in total. The van der Waals surface area contributed by atoms with Crippen LogP contribution in [0.5, 0.6) is 0 Å². The van der Waals surface area contributed by atoms with Crippen molar-refractivity contribution in [1.29, 1.82) is 0 Å². The molecule has 3 N–H and O–H groups in total. The summed E-state index contributed by atoms with van der Waals surface area (Å²) in [5.74, 6) is 1.27. The second kappa shape index (κ2) is 9.94. The first kappa shape index (κ1) is 20.0. The number of nitrogens with one attached hydrogen (secondary N) is 3. The average Bonchev–Trinajstić information content (AvgIpc) is 2.52. The minimum Gasteiger partial charge on any atom is -0.356 e. The minimum atomic E-state index is -4.47. The molecule has 1 aromatic heterocycles. The number of rotatable bonds is 8. The molecular formula is C15H25F3N6. The Morgan fingerprint density at radius 1 is 1.21 bits per heavy atom. The van der Waals surface area contributed by atoms with Crippen LogP contribution in [0.25, 0.3) is 0 Å². The van der Waals surface area contributed by atoms with Gasteiger partial charge in [0.05, 0.1) is 0 Å². The van der Waals surface area contributed by atoms with E-state index in [0.29, 0.717) is 25.0 Å². The molecule has 0 atom stereocenters. The third-order valence-electron chi connectivity index (χ3n) is 3.12. The van der Waals surface area contributed by atoms with Gasteiger partial charge in [-0.25, -0.2) is 9.97 Å². The predicted octanol–water partition coefficient (Wildman–Crippen LogP) is 2.51. The second-order valence-electron chi connectivity index (χ2n) is 5.65. The van der Waals surface area contributed by atoms with Gasteiger partial charge >= 0.3 is 6.18 Å². The zero-order valence-electron chi connectivity index (χ0n) is 14.2. The van der Waals surface area contributed by atoms with E-state index in [2.05, 4.69) is 44.8 Å². The highest BCUT2D eigenvalue weighted by Gasteiger charge is 2.32. The second-order valence-corrected chi connectivity index (χ2v) is 5.65. The van der Waals surface area contributed by atoms with Crippen molar-refractivity contribution in [3.63, 3.8) is 0 Å². The lowest BCUT2D eigenvalue weighted by molar-refractivity contribution is -0.141. The van der Waals surface area contributed by atoms with Crippen LogP contribution in [-0.4, -0.2) is 42.6 Å². The molecule has 0 saturated carbocycles. The quantitative estimate of drug-likeness (QED) is 0.383. The minimum absolute atomic E-state index is 0.0495. The van der Waals surface area contributed by atoms with Gasteiger partial charge in [-0.15, -0.1) is 0 Å². The van der Waals surface area contributed by atoms with Gasteiger partial charge in [-0.2, -0.15) is 13.2 Å². The van der Waals surface area contributed by atoms with Gasteiger partial charge in [-0.3, -0.25) is 4.99 Å². The lowest BCUT2D eigenvalue weighted by Crippen LogP contribution is -2.40.